The molecule has 1 aromatic carbocycles. The van der Waals surface area contributed by atoms with Crippen molar-refractivity contribution in [2.24, 2.45) is 5.41 Å². The highest BCUT2D eigenvalue weighted by Gasteiger charge is 2.11. The first-order chi connectivity index (χ1) is 8.33. The van der Waals surface area contributed by atoms with E-state index in [4.69, 9.17) is 0 Å². The van der Waals surface area contributed by atoms with Crippen LogP contribution in [0.15, 0.2) is 22.7 Å². The first kappa shape index (κ1) is 15.3. The molecular weight excluding hydrogens is 286 g/mol. The van der Waals surface area contributed by atoms with Crippen LogP contribution in [-0.2, 0) is 0 Å². The summed E-state index contributed by atoms with van der Waals surface area (Å²) in [5.74, 6) is 6.57. The van der Waals surface area contributed by atoms with Gasteiger partial charge in [-0.3, -0.25) is 0 Å². The van der Waals surface area contributed by atoms with E-state index in [9.17, 15) is 0 Å². The minimum atomic E-state index is 0.0722. The van der Waals surface area contributed by atoms with Crippen LogP contribution < -0.4 is 5.32 Å². The van der Waals surface area contributed by atoms with Crippen molar-refractivity contribution in [2.75, 3.05) is 7.05 Å². The Morgan fingerprint density at radius 1 is 1.33 bits per heavy atom. The molecule has 1 rings (SSSR count). The minimum absolute atomic E-state index is 0.0722. The Labute approximate surface area is 119 Å². The smallest absolute Gasteiger partial charge is 0.0439 e. The monoisotopic (exact) mass is 307 g/mol. The van der Waals surface area contributed by atoms with E-state index in [1.807, 2.05) is 7.05 Å². The number of halogens is 1. The van der Waals surface area contributed by atoms with Gasteiger partial charge >= 0.3 is 0 Å². The summed E-state index contributed by atoms with van der Waals surface area (Å²) in [7, 11) is 1.98. The predicted octanol–water partition coefficient (Wildman–Crippen LogP) is 4.46. The number of hydrogen-bond acceptors (Lipinski definition) is 1. The Hall–Kier alpha value is -0.780. The van der Waals surface area contributed by atoms with Crippen molar-refractivity contribution >= 4 is 15.9 Å². The Kier molecular flexibility index (Phi) is 5.44. The second-order valence-corrected chi connectivity index (χ2v) is 6.48. The molecule has 0 fully saturated rings. The molecule has 2 heteroatoms. The largest absolute Gasteiger partial charge is 0.312 e. The molecule has 1 atom stereocenters. The number of nitrogens with one attached hydrogen (secondary N) is 1. The van der Waals surface area contributed by atoms with Crippen LogP contribution >= 0.6 is 15.9 Å². The SMILES string of the molecule is CNC(CC#CC(C)(C)C)c1ccc(C)cc1Br. The average molecular weight is 308 g/mol. The summed E-state index contributed by atoms with van der Waals surface area (Å²) in [5, 5.41) is 3.33. The van der Waals surface area contributed by atoms with Crippen molar-refractivity contribution in [1.29, 1.82) is 0 Å². The van der Waals surface area contributed by atoms with Crippen molar-refractivity contribution in [3.8, 4) is 11.8 Å². The van der Waals surface area contributed by atoms with Crippen molar-refractivity contribution in [1.82, 2.24) is 5.32 Å². The van der Waals surface area contributed by atoms with E-state index in [1.54, 1.807) is 0 Å². The van der Waals surface area contributed by atoms with Crippen LogP contribution in [0.25, 0.3) is 0 Å². The summed E-state index contributed by atoms with van der Waals surface area (Å²) in [6.45, 7) is 8.50. The molecule has 0 radical (unpaired) electrons. The van der Waals surface area contributed by atoms with Gasteiger partial charge < -0.3 is 5.32 Å². The molecule has 0 spiro atoms. The molecule has 0 aromatic heterocycles. The lowest BCUT2D eigenvalue weighted by atomic mass is 9.96. The fourth-order valence-corrected chi connectivity index (χ4v) is 2.47. The molecule has 0 saturated carbocycles. The molecule has 0 bridgehead atoms. The van der Waals surface area contributed by atoms with E-state index >= 15 is 0 Å². The highest BCUT2D eigenvalue weighted by molar-refractivity contribution is 9.10. The maximum absolute atomic E-state index is 3.63. The second kappa shape index (κ2) is 6.41. The van der Waals surface area contributed by atoms with Crippen LogP contribution in [0.3, 0.4) is 0 Å². The Morgan fingerprint density at radius 3 is 2.50 bits per heavy atom. The lowest BCUT2D eigenvalue weighted by Crippen LogP contribution is -2.16. The summed E-state index contributed by atoms with van der Waals surface area (Å²) >= 11 is 3.63. The van der Waals surface area contributed by atoms with E-state index in [2.05, 4.69) is 79.0 Å². The fraction of sp³-hybridized carbons (Fsp3) is 0.500. The van der Waals surface area contributed by atoms with E-state index in [-0.39, 0.29) is 11.5 Å². The molecule has 0 heterocycles. The molecule has 1 unspecified atom stereocenters. The maximum atomic E-state index is 3.63. The highest BCUT2D eigenvalue weighted by atomic mass is 79.9. The van der Waals surface area contributed by atoms with Crippen LogP contribution in [0.5, 0.6) is 0 Å². The Morgan fingerprint density at radius 2 is 2.00 bits per heavy atom. The summed E-state index contributed by atoms with van der Waals surface area (Å²) < 4.78 is 1.15. The van der Waals surface area contributed by atoms with Crippen molar-refractivity contribution in [3.63, 3.8) is 0 Å². The summed E-state index contributed by atoms with van der Waals surface area (Å²) in [4.78, 5) is 0. The molecule has 0 saturated heterocycles. The predicted molar refractivity (Wildman–Crippen MR) is 82.5 cm³/mol. The van der Waals surface area contributed by atoms with Crippen molar-refractivity contribution < 1.29 is 0 Å². The lowest BCUT2D eigenvalue weighted by molar-refractivity contribution is 0.566. The van der Waals surface area contributed by atoms with Gasteiger partial charge in [-0.05, 0) is 51.9 Å². The van der Waals surface area contributed by atoms with Gasteiger partial charge in [-0.2, -0.15) is 0 Å². The third-order valence-corrected chi connectivity index (χ3v) is 3.34. The van der Waals surface area contributed by atoms with Gasteiger partial charge in [0, 0.05) is 22.4 Å². The van der Waals surface area contributed by atoms with Crippen LogP contribution in [0.2, 0.25) is 0 Å². The first-order valence-corrected chi connectivity index (χ1v) is 7.06. The zero-order valence-corrected chi connectivity index (χ0v) is 13.5. The minimum Gasteiger partial charge on any atom is -0.312 e. The highest BCUT2D eigenvalue weighted by Crippen LogP contribution is 2.26. The summed E-state index contributed by atoms with van der Waals surface area (Å²) in [6, 6.07) is 6.73. The standard InChI is InChI=1S/C16H22BrN/c1-12-8-9-13(14(17)11-12)15(18-5)7-6-10-16(2,3)4/h8-9,11,15,18H,7H2,1-5H3. The number of benzene rings is 1. The topological polar surface area (TPSA) is 12.0 Å². The zero-order valence-electron chi connectivity index (χ0n) is 11.9. The Bertz CT molecular complexity index is 460. The number of hydrogen-bond donors (Lipinski definition) is 1. The summed E-state index contributed by atoms with van der Waals surface area (Å²) in [5.41, 5.74) is 2.61. The van der Waals surface area contributed by atoms with E-state index in [0.717, 1.165) is 10.9 Å². The molecule has 1 N–H and O–H groups in total. The van der Waals surface area contributed by atoms with Crippen LogP contribution in [0, 0.1) is 24.2 Å². The Balaban J connectivity index is 2.86. The molecule has 98 valence electrons. The van der Waals surface area contributed by atoms with Crippen LogP contribution in [-0.4, -0.2) is 7.05 Å². The zero-order chi connectivity index (χ0) is 13.8. The second-order valence-electron chi connectivity index (χ2n) is 5.62. The van der Waals surface area contributed by atoms with Gasteiger partial charge in [-0.1, -0.05) is 34.0 Å². The maximum Gasteiger partial charge on any atom is 0.0439 e. The van der Waals surface area contributed by atoms with Crippen molar-refractivity contribution in [3.05, 3.63) is 33.8 Å². The summed E-state index contributed by atoms with van der Waals surface area (Å²) in [6.07, 6.45) is 0.829. The molecule has 0 aliphatic rings. The normalized spacial score (nSPS) is 12.8. The van der Waals surface area contributed by atoms with Gasteiger partial charge in [0.15, 0.2) is 0 Å². The third kappa shape index (κ3) is 4.84. The number of aryl methyl sites for hydroxylation is 1. The van der Waals surface area contributed by atoms with Gasteiger partial charge in [0.05, 0.1) is 0 Å². The van der Waals surface area contributed by atoms with E-state index in [0.29, 0.717) is 0 Å². The molecule has 0 aliphatic carbocycles. The molecule has 18 heavy (non-hydrogen) atoms. The molecule has 0 amide bonds. The molecular formula is C16H22BrN. The van der Waals surface area contributed by atoms with Crippen LogP contribution in [0.1, 0.15) is 44.4 Å². The van der Waals surface area contributed by atoms with Gasteiger partial charge in [0.25, 0.3) is 0 Å². The first-order valence-electron chi connectivity index (χ1n) is 6.27. The quantitative estimate of drug-likeness (QED) is 0.813. The fourth-order valence-electron chi connectivity index (χ4n) is 1.70. The average Bonchev–Trinajstić information content (AvgIpc) is 2.24. The van der Waals surface area contributed by atoms with Gasteiger partial charge in [-0.25, -0.2) is 0 Å². The van der Waals surface area contributed by atoms with Gasteiger partial charge in [0.1, 0.15) is 0 Å². The van der Waals surface area contributed by atoms with Crippen molar-refractivity contribution in [2.45, 2.75) is 40.2 Å². The lowest BCUT2D eigenvalue weighted by Gasteiger charge is -2.16. The van der Waals surface area contributed by atoms with E-state index < -0.39 is 0 Å². The third-order valence-electron chi connectivity index (χ3n) is 2.65. The van der Waals surface area contributed by atoms with Gasteiger partial charge in [0.2, 0.25) is 0 Å². The number of rotatable bonds is 3. The molecule has 0 aliphatic heterocycles. The molecule has 1 nitrogen and oxygen atoms in total. The molecule has 1 aromatic rings. The van der Waals surface area contributed by atoms with Gasteiger partial charge in [-0.15, -0.1) is 5.92 Å². The van der Waals surface area contributed by atoms with Crippen LogP contribution in [0.4, 0.5) is 0 Å². The van der Waals surface area contributed by atoms with E-state index in [1.165, 1.54) is 11.1 Å².